The minimum absolute atomic E-state index is 0.00588. The van der Waals surface area contributed by atoms with Crippen molar-refractivity contribution in [2.24, 2.45) is 5.92 Å². The molecule has 1 N–H and O–H groups in total. The van der Waals surface area contributed by atoms with Crippen LogP contribution in [0.2, 0.25) is 0 Å². The number of nitrogens with zero attached hydrogens (tertiary/aromatic N) is 3. The third kappa shape index (κ3) is 5.02. The lowest BCUT2D eigenvalue weighted by Gasteiger charge is -2.30. The van der Waals surface area contributed by atoms with E-state index in [9.17, 15) is 9.59 Å². The first-order valence-corrected chi connectivity index (χ1v) is 12.0. The largest absolute Gasteiger partial charge is 0.497 e. The van der Waals surface area contributed by atoms with Gasteiger partial charge in [0.15, 0.2) is 5.69 Å². The summed E-state index contributed by atoms with van der Waals surface area (Å²) in [6, 6.07) is 22.9. The molecule has 0 spiro atoms. The van der Waals surface area contributed by atoms with Crippen LogP contribution >= 0.6 is 0 Å². The Hall–Kier alpha value is -4.33. The third-order valence-corrected chi connectivity index (χ3v) is 6.48. The van der Waals surface area contributed by atoms with E-state index in [0.717, 1.165) is 28.5 Å². The summed E-state index contributed by atoms with van der Waals surface area (Å²) in [6.07, 6.45) is 2.81. The maximum atomic E-state index is 13.4. The van der Waals surface area contributed by atoms with Crippen molar-refractivity contribution in [3.8, 4) is 22.7 Å². The minimum atomic E-state index is -0.131. The molecule has 1 aliphatic heterocycles. The molecule has 3 heterocycles. The van der Waals surface area contributed by atoms with E-state index in [1.165, 1.54) is 0 Å². The van der Waals surface area contributed by atoms with E-state index < -0.39 is 0 Å². The highest BCUT2D eigenvalue weighted by atomic mass is 16.5. The lowest BCUT2D eigenvalue weighted by molar-refractivity contribution is -0.126. The predicted molar refractivity (Wildman–Crippen MR) is 135 cm³/mol. The molecule has 8 nitrogen and oxygen atoms in total. The van der Waals surface area contributed by atoms with Crippen molar-refractivity contribution in [2.75, 3.05) is 20.2 Å². The van der Waals surface area contributed by atoms with Gasteiger partial charge < -0.3 is 19.4 Å². The molecule has 4 aromatic rings. The topological polar surface area (TPSA) is 89.6 Å². The molecule has 1 aliphatic rings. The van der Waals surface area contributed by atoms with Crippen molar-refractivity contribution >= 4 is 11.8 Å². The highest BCUT2D eigenvalue weighted by molar-refractivity contribution is 5.94. The van der Waals surface area contributed by atoms with Crippen LogP contribution in [0.3, 0.4) is 0 Å². The Kier molecular flexibility index (Phi) is 6.84. The second kappa shape index (κ2) is 10.5. The molecule has 0 radical (unpaired) electrons. The number of likely N-dealkylation sites (tertiary alicyclic amines) is 1. The molecule has 0 atom stereocenters. The number of methoxy groups -OCH3 is 1. The molecule has 36 heavy (non-hydrogen) atoms. The Morgan fingerprint density at radius 1 is 1.03 bits per heavy atom. The van der Waals surface area contributed by atoms with Crippen LogP contribution in [0.15, 0.2) is 83.5 Å². The van der Waals surface area contributed by atoms with Gasteiger partial charge in [0, 0.05) is 24.6 Å². The minimum Gasteiger partial charge on any atom is -0.497 e. The van der Waals surface area contributed by atoms with Crippen molar-refractivity contribution in [2.45, 2.75) is 19.4 Å². The monoisotopic (exact) mass is 484 g/mol. The average molecular weight is 485 g/mol. The Balaban J connectivity index is 1.30. The summed E-state index contributed by atoms with van der Waals surface area (Å²) in [5.74, 6) is 1.22. The van der Waals surface area contributed by atoms with E-state index in [1.807, 2.05) is 66.7 Å². The van der Waals surface area contributed by atoms with E-state index in [4.69, 9.17) is 14.3 Å². The van der Waals surface area contributed by atoms with Crippen LogP contribution in [0, 0.1) is 5.92 Å². The van der Waals surface area contributed by atoms with Gasteiger partial charge in [0.25, 0.3) is 5.91 Å². The molecule has 8 heteroatoms. The van der Waals surface area contributed by atoms with E-state index in [0.29, 0.717) is 38.2 Å². The van der Waals surface area contributed by atoms with Crippen LogP contribution in [0.25, 0.3) is 16.9 Å². The molecule has 1 fully saturated rings. The zero-order valence-electron chi connectivity index (χ0n) is 20.1. The maximum absolute atomic E-state index is 13.4. The molecule has 2 aromatic heterocycles. The molecule has 0 aliphatic carbocycles. The Morgan fingerprint density at radius 3 is 2.44 bits per heavy atom. The number of furan rings is 1. The van der Waals surface area contributed by atoms with Crippen LogP contribution in [0.4, 0.5) is 0 Å². The first kappa shape index (κ1) is 23.4. The lowest BCUT2D eigenvalue weighted by Crippen LogP contribution is -2.43. The SMILES string of the molecule is COc1ccc(-c2cc(C(=O)N3CCC(C(=O)NCc4ccco4)CC3)nn2-c2ccccc2)cc1. The molecule has 0 bridgehead atoms. The standard InChI is InChI=1S/C28H28N4O4/c1-35-23-11-9-20(10-12-23)26-18-25(30-32(26)22-6-3-2-4-7-22)28(34)31-15-13-21(14-16-31)27(33)29-19-24-8-5-17-36-24/h2-12,17-18,21H,13-16,19H2,1H3,(H,29,33). The molecule has 0 unspecified atom stereocenters. The first-order chi connectivity index (χ1) is 17.6. The number of aromatic nitrogens is 2. The van der Waals surface area contributed by atoms with Gasteiger partial charge in [-0.1, -0.05) is 18.2 Å². The Morgan fingerprint density at radius 2 is 1.78 bits per heavy atom. The number of carbonyl (C=O) groups is 2. The number of ether oxygens (including phenoxy) is 1. The number of rotatable bonds is 7. The molecular weight excluding hydrogens is 456 g/mol. The highest BCUT2D eigenvalue weighted by Gasteiger charge is 2.29. The van der Waals surface area contributed by atoms with Crippen molar-refractivity contribution in [3.63, 3.8) is 0 Å². The molecule has 184 valence electrons. The van der Waals surface area contributed by atoms with E-state index in [-0.39, 0.29) is 17.7 Å². The second-order valence-electron chi connectivity index (χ2n) is 8.75. The third-order valence-electron chi connectivity index (χ3n) is 6.48. The summed E-state index contributed by atoms with van der Waals surface area (Å²) in [5.41, 5.74) is 3.00. The molecule has 1 saturated heterocycles. The number of hydrogen-bond acceptors (Lipinski definition) is 5. The quantitative estimate of drug-likeness (QED) is 0.422. The van der Waals surface area contributed by atoms with Gasteiger partial charge in [0.2, 0.25) is 5.91 Å². The number of hydrogen-bond donors (Lipinski definition) is 1. The maximum Gasteiger partial charge on any atom is 0.274 e. The smallest absolute Gasteiger partial charge is 0.274 e. The van der Waals surface area contributed by atoms with Gasteiger partial charge in [0.05, 0.1) is 31.3 Å². The average Bonchev–Trinajstić information content (AvgIpc) is 3.63. The number of para-hydroxylation sites is 1. The number of amides is 2. The van der Waals surface area contributed by atoms with E-state index in [2.05, 4.69) is 5.32 Å². The van der Waals surface area contributed by atoms with E-state index in [1.54, 1.807) is 29.0 Å². The normalized spacial score (nSPS) is 14.0. The first-order valence-electron chi connectivity index (χ1n) is 12.0. The highest BCUT2D eigenvalue weighted by Crippen LogP contribution is 2.27. The van der Waals surface area contributed by atoms with Crippen molar-refractivity contribution < 1.29 is 18.7 Å². The lowest BCUT2D eigenvalue weighted by atomic mass is 9.95. The summed E-state index contributed by atoms with van der Waals surface area (Å²) in [5, 5.41) is 7.62. The van der Waals surface area contributed by atoms with E-state index >= 15 is 0 Å². The molecule has 2 aromatic carbocycles. The molecule has 2 amide bonds. The fraction of sp³-hybridized carbons (Fsp3) is 0.250. The van der Waals surface area contributed by atoms with Gasteiger partial charge in [-0.25, -0.2) is 4.68 Å². The fourth-order valence-electron chi connectivity index (χ4n) is 4.46. The fourth-order valence-corrected chi connectivity index (χ4v) is 4.46. The van der Waals surface area contributed by atoms with Crippen LogP contribution in [-0.2, 0) is 11.3 Å². The second-order valence-corrected chi connectivity index (χ2v) is 8.75. The number of benzene rings is 2. The number of carbonyl (C=O) groups excluding carboxylic acids is 2. The van der Waals surface area contributed by atoms with Crippen molar-refractivity contribution in [1.82, 2.24) is 20.0 Å². The van der Waals surface area contributed by atoms with Gasteiger partial charge in [-0.3, -0.25) is 9.59 Å². The predicted octanol–water partition coefficient (Wildman–Crippen LogP) is 4.31. The van der Waals surface area contributed by atoms with Crippen molar-refractivity contribution in [3.05, 3.63) is 90.5 Å². The van der Waals surface area contributed by atoms with Crippen LogP contribution in [-0.4, -0.2) is 46.7 Å². The van der Waals surface area contributed by atoms with Gasteiger partial charge in [-0.05, 0) is 67.4 Å². The van der Waals surface area contributed by atoms with Crippen LogP contribution in [0.5, 0.6) is 5.75 Å². The van der Waals surface area contributed by atoms with Gasteiger partial charge in [0.1, 0.15) is 11.5 Å². The van der Waals surface area contributed by atoms with Crippen molar-refractivity contribution in [1.29, 1.82) is 0 Å². The summed E-state index contributed by atoms with van der Waals surface area (Å²) in [7, 11) is 1.63. The summed E-state index contributed by atoms with van der Waals surface area (Å²) < 4.78 is 12.4. The Bertz CT molecular complexity index is 1310. The zero-order valence-corrected chi connectivity index (χ0v) is 20.1. The molecular formula is C28H28N4O4. The number of piperidine rings is 1. The van der Waals surface area contributed by atoms with Crippen LogP contribution < -0.4 is 10.1 Å². The molecule has 5 rings (SSSR count). The summed E-state index contributed by atoms with van der Waals surface area (Å²) >= 11 is 0. The Labute approximate surface area is 209 Å². The summed E-state index contributed by atoms with van der Waals surface area (Å²) in [4.78, 5) is 27.8. The molecule has 0 saturated carbocycles. The zero-order chi connectivity index (χ0) is 24.9. The van der Waals surface area contributed by atoms with Gasteiger partial charge in [-0.15, -0.1) is 0 Å². The van der Waals surface area contributed by atoms with Crippen LogP contribution in [0.1, 0.15) is 29.1 Å². The van der Waals surface area contributed by atoms with Gasteiger partial charge >= 0.3 is 0 Å². The van der Waals surface area contributed by atoms with Gasteiger partial charge in [-0.2, -0.15) is 5.10 Å². The number of nitrogens with one attached hydrogen (secondary N) is 1. The summed E-state index contributed by atoms with van der Waals surface area (Å²) in [6.45, 7) is 1.39.